The van der Waals surface area contributed by atoms with Crippen LogP contribution in [0, 0.1) is 0 Å². The van der Waals surface area contributed by atoms with Gasteiger partial charge in [-0.1, -0.05) is 24.3 Å². The number of hydrogen-bond acceptors (Lipinski definition) is 3. The lowest BCUT2D eigenvalue weighted by molar-refractivity contribution is 0.0481. The van der Waals surface area contributed by atoms with Crippen molar-refractivity contribution in [1.82, 2.24) is 10.6 Å². The molecular weight excluding hydrogens is 309 g/mol. The maximum absolute atomic E-state index is 12.8. The van der Waals surface area contributed by atoms with Crippen LogP contribution in [0.25, 0.3) is 0 Å². The van der Waals surface area contributed by atoms with E-state index in [1.807, 2.05) is 32.9 Å². The first-order valence-corrected chi connectivity index (χ1v) is 7.27. The van der Waals surface area contributed by atoms with Gasteiger partial charge in [0.15, 0.2) is 0 Å². The van der Waals surface area contributed by atoms with E-state index in [1.54, 1.807) is 12.1 Å². The van der Waals surface area contributed by atoms with Crippen LogP contribution in [0.4, 0.5) is 18.6 Å². The van der Waals surface area contributed by atoms with E-state index >= 15 is 0 Å². The van der Waals surface area contributed by atoms with Crippen LogP contribution in [0.15, 0.2) is 24.3 Å². The van der Waals surface area contributed by atoms with E-state index in [4.69, 9.17) is 4.74 Å². The van der Waals surface area contributed by atoms with E-state index in [0.717, 1.165) is 18.5 Å². The molecule has 2 N–H and O–H groups in total. The molecule has 0 bridgehead atoms. The number of ether oxygens (including phenoxy) is 1. The Kier molecular flexibility index (Phi) is 8.09. The molecule has 1 aliphatic heterocycles. The minimum absolute atomic E-state index is 0. The van der Waals surface area contributed by atoms with Crippen molar-refractivity contribution in [2.75, 3.05) is 6.54 Å². The third-order valence-corrected chi connectivity index (χ3v) is 3.40. The zero-order chi connectivity index (χ0) is 15.5. The Balaban J connectivity index is 0.00000242. The van der Waals surface area contributed by atoms with Crippen molar-refractivity contribution in [2.24, 2.45) is 0 Å². The van der Waals surface area contributed by atoms with Crippen LogP contribution in [-0.2, 0) is 11.4 Å². The second-order valence-electron chi connectivity index (χ2n) is 6.35. The summed E-state index contributed by atoms with van der Waals surface area (Å²) in [5, 5.41) is 6.18. The third kappa shape index (κ3) is 6.09. The topological polar surface area (TPSA) is 50.4 Å². The molecule has 2 rings (SSSR count). The molecule has 2 atom stereocenters. The summed E-state index contributed by atoms with van der Waals surface area (Å²) in [5.41, 5.74) is 0.971. The smallest absolute Gasteiger partial charge is 0.408 e. The van der Waals surface area contributed by atoms with Gasteiger partial charge in [-0.25, -0.2) is 9.18 Å². The highest BCUT2D eigenvalue weighted by molar-refractivity contribution is 5.68. The molecule has 1 aliphatic rings. The molecule has 1 amide bonds. The minimum atomic E-state index is -0.539. The highest BCUT2D eigenvalue weighted by Gasteiger charge is 2.30. The Hall–Kier alpha value is -1.76. The highest BCUT2D eigenvalue weighted by Crippen LogP contribution is 2.24. The van der Waals surface area contributed by atoms with Gasteiger partial charge < -0.3 is 15.4 Å². The van der Waals surface area contributed by atoms with Gasteiger partial charge in [-0.05, 0) is 44.9 Å². The molecule has 0 radical (unpaired) electrons. The quantitative estimate of drug-likeness (QED) is 0.887. The predicted molar refractivity (Wildman–Crippen MR) is 84.8 cm³/mol. The number of amides is 1. The SMILES string of the molecule is CC(C)(C)OC(=O)N[C@@H](c1cccc(CF)c1)[C@@H]1CCN1.F.F. The Morgan fingerprint density at radius 1 is 1.43 bits per heavy atom. The number of halogens is 3. The van der Waals surface area contributed by atoms with Crippen LogP contribution in [0.5, 0.6) is 0 Å². The molecule has 0 aliphatic carbocycles. The number of alkyl halides is 1. The first kappa shape index (κ1) is 21.2. The summed E-state index contributed by atoms with van der Waals surface area (Å²) in [6.07, 6.45) is 0.521. The fraction of sp³-hybridized carbons (Fsp3) is 0.562. The number of nitrogens with one attached hydrogen (secondary N) is 2. The van der Waals surface area contributed by atoms with Crippen LogP contribution in [0.2, 0.25) is 0 Å². The predicted octanol–water partition coefficient (Wildman–Crippen LogP) is 3.39. The molecule has 1 heterocycles. The summed E-state index contributed by atoms with van der Waals surface area (Å²) in [7, 11) is 0. The molecule has 1 saturated heterocycles. The Bertz CT molecular complexity index is 502. The van der Waals surface area contributed by atoms with E-state index in [9.17, 15) is 9.18 Å². The molecule has 7 heteroatoms. The lowest BCUT2D eigenvalue weighted by Crippen LogP contribution is -2.52. The summed E-state index contributed by atoms with van der Waals surface area (Å²) < 4.78 is 18.1. The van der Waals surface area contributed by atoms with Crippen LogP contribution >= 0.6 is 0 Å². The molecular formula is C16H25F3N2O2. The van der Waals surface area contributed by atoms with Gasteiger partial charge in [-0.3, -0.25) is 9.41 Å². The number of rotatable bonds is 4. The van der Waals surface area contributed by atoms with Crippen molar-refractivity contribution in [3.63, 3.8) is 0 Å². The second kappa shape index (κ2) is 8.76. The largest absolute Gasteiger partial charge is 0.444 e. The second-order valence-corrected chi connectivity index (χ2v) is 6.35. The van der Waals surface area contributed by atoms with Gasteiger partial charge in [0.1, 0.15) is 12.3 Å². The lowest BCUT2D eigenvalue weighted by atomic mass is 9.91. The average Bonchev–Trinajstić information content (AvgIpc) is 2.33. The number of hydrogen-bond donors (Lipinski definition) is 2. The Labute approximate surface area is 134 Å². The fourth-order valence-corrected chi connectivity index (χ4v) is 2.32. The standard InChI is InChI=1S/C16H23FN2O2.2FH/c1-16(2,3)21-15(20)19-14(13-7-8-18-13)12-6-4-5-11(9-12)10-17;;/h4-6,9,13-14,18H,7-8,10H2,1-3H3,(H,19,20);2*1H/t13-,14-;;/m0../s1. The summed E-state index contributed by atoms with van der Waals surface area (Å²) in [4.78, 5) is 12.0. The van der Waals surface area contributed by atoms with Crippen molar-refractivity contribution in [1.29, 1.82) is 0 Å². The fourth-order valence-electron chi connectivity index (χ4n) is 2.32. The zero-order valence-electron chi connectivity index (χ0n) is 13.6. The van der Waals surface area contributed by atoms with Crippen molar-refractivity contribution < 1.29 is 23.3 Å². The monoisotopic (exact) mass is 334 g/mol. The van der Waals surface area contributed by atoms with Gasteiger partial charge in [-0.2, -0.15) is 0 Å². The van der Waals surface area contributed by atoms with Crippen LogP contribution in [-0.4, -0.2) is 24.3 Å². The summed E-state index contributed by atoms with van der Waals surface area (Å²) in [6.45, 7) is 5.90. The van der Waals surface area contributed by atoms with Gasteiger partial charge in [0.25, 0.3) is 0 Å². The maximum atomic E-state index is 12.8. The van der Waals surface area contributed by atoms with Gasteiger partial charge in [-0.15, -0.1) is 0 Å². The Morgan fingerprint density at radius 3 is 2.57 bits per heavy atom. The molecule has 132 valence electrons. The van der Waals surface area contributed by atoms with Crippen molar-refractivity contribution in [3.8, 4) is 0 Å². The highest BCUT2D eigenvalue weighted by atomic mass is 19.1. The third-order valence-electron chi connectivity index (χ3n) is 3.40. The molecule has 4 nitrogen and oxygen atoms in total. The summed E-state index contributed by atoms with van der Waals surface area (Å²) >= 11 is 0. The molecule has 0 spiro atoms. The van der Waals surface area contributed by atoms with E-state index in [1.165, 1.54) is 0 Å². The first-order chi connectivity index (χ1) is 9.89. The molecule has 1 fully saturated rings. The van der Waals surface area contributed by atoms with Crippen LogP contribution < -0.4 is 10.6 Å². The van der Waals surface area contributed by atoms with Crippen molar-refractivity contribution >= 4 is 6.09 Å². The average molecular weight is 334 g/mol. The zero-order valence-corrected chi connectivity index (χ0v) is 13.6. The van der Waals surface area contributed by atoms with E-state index in [0.29, 0.717) is 5.56 Å². The van der Waals surface area contributed by atoms with E-state index in [-0.39, 0.29) is 21.5 Å². The summed E-state index contributed by atoms with van der Waals surface area (Å²) in [5.74, 6) is 0. The van der Waals surface area contributed by atoms with Gasteiger partial charge in [0.2, 0.25) is 0 Å². The summed E-state index contributed by atoms with van der Waals surface area (Å²) in [6, 6.07) is 7.20. The van der Waals surface area contributed by atoms with Crippen molar-refractivity contribution in [3.05, 3.63) is 35.4 Å². The molecule has 1 aromatic carbocycles. The van der Waals surface area contributed by atoms with Gasteiger partial charge >= 0.3 is 6.09 Å². The van der Waals surface area contributed by atoms with Gasteiger partial charge in [0, 0.05) is 6.04 Å². The Morgan fingerprint density at radius 2 is 2.09 bits per heavy atom. The first-order valence-electron chi connectivity index (χ1n) is 7.27. The maximum Gasteiger partial charge on any atom is 0.408 e. The van der Waals surface area contributed by atoms with Crippen LogP contribution in [0.3, 0.4) is 0 Å². The van der Waals surface area contributed by atoms with Gasteiger partial charge in [0.05, 0.1) is 6.04 Å². The van der Waals surface area contributed by atoms with E-state index < -0.39 is 18.4 Å². The van der Waals surface area contributed by atoms with Crippen LogP contribution in [0.1, 0.15) is 44.4 Å². The molecule has 23 heavy (non-hydrogen) atoms. The normalized spacial score (nSPS) is 17.8. The molecule has 1 aromatic rings. The minimum Gasteiger partial charge on any atom is -0.444 e. The number of carbonyl (C=O) groups is 1. The lowest BCUT2D eigenvalue weighted by Gasteiger charge is -2.36. The molecule has 0 unspecified atom stereocenters. The van der Waals surface area contributed by atoms with Crippen molar-refractivity contribution in [2.45, 2.75) is 51.6 Å². The number of benzene rings is 1. The molecule has 0 aromatic heterocycles. The van der Waals surface area contributed by atoms with E-state index in [2.05, 4.69) is 10.6 Å². The number of carbonyl (C=O) groups excluding carboxylic acids is 1. The molecule has 0 saturated carbocycles. The number of alkyl carbamates (subject to hydrolysis) is 1.